The van der Waals surface area contributed by atoms with Gasteiger partial charge in [0, 0.05) is 31.0 Å². The molecule has 1 aliphatic heterocycles. The Morgan fingerprint density at radius 3 is 2.80 bits per heavy atom. The summed E-state index contributed by atoms with van der Waals surface area (Å²) in [6, 6.07) is 5.15. The van der Waals surface area contributed by atoms with Crippen molar-refractivity contribution in [3.05, 3.63) is 29.6 Å². The van der Waals surface area contributed by atoms with Gasteiger partial charge in [0.25, 0.3) is 0 Å². The zero-order valence-corrected chi connectivity index (χ0v) is 15.0. The molecule has 0 aromatic carbocycles. The van der Waals surface area contributed by atoms with Crippen LogP contribution >= 0.6 is 0 Å². The summed E-state index contributed by atoms with van der Waals surface area (Å²) in [5, 5.41) is 0. The van der Waals surface area contributed by atoms with Crippen molar-refractivity contribution < 1.29 is 14.3 Å². The minimum Gasteiger partial charge on any atom is -0.444 e. The number of hydrogen-bond acceptors (Lipinski definition) is 4. The second-order valence-corrected chi connectivity index (χ2v) is 7.67. The van der Waals surface area contributed by atoms with Crippen molar-refractivity contribution in [2.24, 2.45) is 5.92 Å². The molecule has 1 atom stereocenters. The molecule has 0 bridgehead atoms. The van der Waals surface area contributed by atoms with Crippen molar-refractivity contribution >= 4 is 11.9 Å². The Kier molecular flexibility index (Phi) is 4.80. The predicted molar refractivity (Wildman–Crippen MR) is 93.9 cm³/mol. The van der Waals surface area contributed by atoms with E-state index >= 15 is 0 Å². The molecule has 1 aromatic heterocycles. The molecule has 3 rings (SSSR count). The summed E-state index contributed by atoms with van der Waals surface area (Å²) in [5.74, 6) is 6.86. The van der Waals surface area contributed by atoms with Crippen LogP contribution in [0.25, 0.3) is 0 Å². The van der Waals surface area contributed by atoms with Crippen molar-refractivity contribution in [2.45, 2.75) is 58.1 Å². The first-order valence-corrected chi connectivity index (χ1v) is 8.81. The van der Waals surface area contributed by atoms with Gasteiger partial charge in [0.15, 0.2) is 5.78 Å². The Bertz CT molecular complexity index is 735. The minimum absolute atomic E-state index is 0.0575. The van der Waals surface area contributed by atoms with E-state index in [0.717, 1.165) is 11.4 Å². The third-order valence-electron chi connectivity index (χ3n) is 4.17. The van der Waals surface area contributed by atoms with Crippen LogP contribution in [0.3, 0.4) is 0 Å². The Morgan fingerprint density at radius 1 is 1.36 bits per heavy atom. The maximum Gasteiger partial charge on any atom is 0.410 e. The minimum atomic E-state index is -0.580. The highest BCUT2D eigenvalue weighted by Crippen LogP contribution is 2.27. The number of amides is 1. The molecule has 5 heteroatoms. The standard InChI is InChI=1S/C20H24N2O3/c1-20(2,3)25-19(24)22-12-11-18(23)17(22)13-16-6-4-5-15(21-16)10-9-14-7-8-14/h4-6,14,17H,7-8,11-13H2,1-3H3. The van der Waals surface area contributed by atoms with E-state index in [0.29, 0.717) is 25.3 Å². The molecule has 2 heterocycles. The zero-order valence-electron chi connectivity index (χ0n) is 15.0. The topological polar surface area (TPSA) is 59.5 Å². The molecule has 5 nitrogen and oxygen atoms in total. The number of Topliss-reactive ketones (excluding diaryl/α,β-unsaturated/α-hetero) is 1. The van der Waals surface area contributed by atoms with Crippen molar-refractivity contribution in [1.82, 2.24) is 9.88 Å². The van der Waals surface area contributed by atoms with Gasteiger partial charge in [0.2, 0.25) is 0 Å². The van der Waals surface area contributed by atoms with E-state index in [4.69, 9.17) is 4.74 Å². The molecular formula is C20H24N2O3. The third-order valence-corrected chi connectivity index (χ3v) is 4.17. The Labute approximate surface area is 148 Å². The highest BCUT2D eigenvalue weighted by molar-refractivity contribution is 5.90. The van der Waals surface area contributed by atoms with Crippen molar-refractivity contribution in [2.75, 3.05) is 6.54 Å². The highest BCUT2D eigenvalue weighted by atomic mass is 16.6. The predicted octanol–water partition coefficient (Wildman–Crippen LogP) is 2.96. The van der Waals surface area contributed by atoms with Crippen LogP contribution in [0.4, 0.5) is 4.79 Å². The van der Waals surface area contributed by atoms with E-state index in [1.807, 2.05) is 39.0 Å². The highest BCUT2D eigenvalue weighted by Gasteiger charge is 2.38. The molecule has 25 heavy (non-hydrogen) atoms. The fraction of sp³-hybridized carbons (Fsp3) is 0.550. The second kappa shape index (κ2) is 6.87. The number of nitrogens with zero attached hydrogens (tertiary/aromatic N) is 2. The van der Waals surface area contributed by atoms with Gasteiger partial charge in [-0.15, -0.1) is 0 Å². The van der Waals surface area contributed by atoms with Crippen LogP contribution in [-0.4, -0.2) is 39.9 Å². The summed E-state index contributed by atoms with van der Waals surface area (Å²) < 4.78 is 5.43. The third kappa shape index (κ3) is 4.82. The van der Waals surface area contributed by atoms with Gasteiger partial charge < -0.3 is 4.74 Å². The van der Waals surface area contributed by atoms with Gasteiger partial charge >= 0.3 is 6.09 Å². The van der Waals surface area contributed by atoms with E-state index in [1.165, 1.54) is 17.7 Å². The number of hydrogen-bond donors (Lipinski definition) is 0. The van der Waals surface area contributed by atoms with Crippen molar-refractivity contribution in [3.63, 3.8) is 0 Å². The first kappa shape index (κ1) is 17.5. The van der Waals surface area contributed by atoms with Crippen molar-refractivity contribution in [3.8, 4) is 11.8 Å². The van der Waals surface area contributed by atoms with Gasteiger partial charge in [-0.3, -0.25) is 9.69 Å². The largest absolute Gasteiger partial charge is 0.444 e. The van der Waals surface area contributed by atoms with Gasteiger partial charge in [0.1, 0.15) is 11.3 Å². The number of carbonyl (C=O) groups is 2. The maximum absolute atomic E-state index is 12.4. The van der Waals surface area contributed by atoms with Gasteiger partial charge in [-0.1, -0.05) is 12.0 Å². The number of ether oxygens (including phenoxy) is 1. The zero-order chi connectivity index (χ0) is 18.0. The maximum atomic E-state index is 12.4. The van der Waals surface area contributed by atoms with Crippen LogP contribution in [0.2, 0.25) is 0 Å². The summed E-state index contributed by atoms with van der Waals surface area (Å²) in [6.45, 7) is 5.86. The number of aromatic nitrogens is 1. The van der Waals surface area contributed by atoms with E-state index < -0.39 is 17.7 Å². The number of pyridine rings is 1. The van der Waals surface area contributed by atoms with E-state index in [2.05, 4.69) is 16.8 Å². The number of carbonyl (C=O) groups excluding carboxylic acids is 2. The molecular weight excluding hydrogens is 316 g/mol. The number of rotatable bonds is 2. The van der Waals surface area contributed by atoms with Crippen molar-refractivity contribution in [1.29, 1.82) is 0 Å². The van der Waals surface area contributed by atoms with Gasteiger partial charge in [0.05, 0.1) is 6.04 Å². The summed E-state index contributed by atoms with van der Waals surface area (Å²) in [7, 11) is 0. The van der Waals surface area contributed by atoms with Crippen LogP contribution in [0.1, 0.15) is 51.4 Å². The average molecular weight is 340 g/mol. The summed E-state index contributed by atoms with van der Waals surface area (Å²) in [6.07, 6.45) is 2.68. The lowest BCUT2D eigenvalue weighted by molar-refractivity contribution is -0.120. The Morgan fingerprint density at radius 2 is 2.12 bits per heavy atom. The first-order valence-electron chi connectivity index (χ1n) is 8.81. The molecule has 1 saturated heterocycles. The quantitative estimate of drug-likeness (QED) is 0.777. The second-order valence-electron chi connectivity index (χ2n) is 7.67. The summed E-state index contributed by atoms with van der Waals surface area (Å²) in [4.78, 5) is 30.7. The lowest BCUT2D eigenvalue weighted by Crippen LogP contribution is -2.42. The smallest absolute Gasteiger partial charge is 0.410 e. The Balaban J connectivity index is 1.71. The lowest BCUT2D eigenvalue weighted by Gasteiger charge is -2.27. The van der Waals surface area contributed by atoms with Crippen LogP contribution in [-0.2, 0) is 16.0 Å². The van der Waals surface area contributed by atoms with Crippen LogP contribution < -0.4 is 0 Å². The molecule has 1 aliphatic carbocycles. The van der Waals surface area contributed by atoms with Gasteiger partial charge in [-0.05, 0) is 51.7 Å². The molecule has 1 unspecified atom stereocenters. The monoisotopic (exact) mass is 340 g/mol. The molecule has 1 aromatic rings. The molecule has 1 saturated carbocycles. The van der Waals surface area contributed by atoms with Gasteiger partial charge in [-0.25, -0.2) is 9.78 Å². The van der Waals surface area contributed by atoms with Crippen LogP contribution in [0.15, 0.2) is 18.2 Å². The first-order chi connectivity index (χ1) is 11.8. The van der Waals surface area contributed by atoms with Crippen LogP contribution in [0, 0.1) is 17.8 Å². The normalized spacial score (nSPS) is 20.2. The molecule has 0 radical (unpaired) electrons. The van der Waals surface area contributed by atoms with Crippen LogP contribution in [0.5, 0.6) is 0 Å². The molecule has 2 fully saturated rings. The van der Waals surface area contributed by atoms with E-state index in [1.54, 1.807) is 0 Å². The SMILES string of the molecule is CC(C)(C)OC(=O)N1CCC(=O)C1Cc1cccc(C#CC2CC2)n1. The summed E-state index contributed by atoms with van der Waals surface area (Å²) in [5.41, 5.74) is 0.916. The fourth-order valence-corrected chi connectivity index (χ4v) is 2.75. The van der Waals surface area contributed by atoms with E-state index in [-0.39, 0.29) is 5.78 Å². The number of ketones is 1. The molecule has 1 amide bonds. The molecule has 0 spiro atoms. The number of likely N-dealkylation sites (tertiary alicyclic amines) is 1. The molecule has 132 valence electrons. The summed E-state index contributed by atoms with van der Waals surface area (Å²) >= 11 is 0. The van der Waals surface area contributed by atoms with E-state index in [9.17, 15) is 9.59 Å². The lowest BCUT2D eigenvalue weighted by atomic mass is 10.1. The Hall–Kier alpha value is -2.35. The molecule has 2 aliphatic rings. The fourth-order valence-electron chi connectivity index (χ4n) is 2.75. The molecule has 0 N–H and O–H groups in total. The average Bonchev–Trinajstić information content (AvgIpc) is 3.28. The van der Waals surface area contributed by atoms with Gasteiger partial charge in [-0.2, -0.15) is 0 Å².